The molecule has 1 aliphatic rings. The first-order valence-electron chi connectivity index (χ1n) is 9.11. The number of aryl methyl sites for hydroxylation is 1. The molecule has 29 heavy (non-hydrogen) atoms. The van der Waals surface area contributed by atoms with E-state index in [-0.39, 0.29) is 24.0 Å². The fraction of sp³-hybridized carbons (Fsp3) is 0.579. The average molecular weight is 429 g/mol. The fourth-order valence-corrected chi connectivity index (χ4v) is 4.90. The second kappa shape index (κ2) is 9.82. The molecular formula is C19H27NO8S. The van der Waals surface area contributed by atoms with Gasteiger partial charge in [0.25, 0.3) is 5.91 Å². The highest BCUT2D eigenvalue weighted by atomic mass is 32.2. The van der Waals surface area contributed by atoms with E-state index in [1.807, 2.05) is 0 Å². The maximum absolute atomic E-state index is 12.2. The van der Waals surface area contributed by atoms with Gasteiger partial charge in [-0.1, -0.05) is 0 Å². The van der Waals surface area contributed by atoms with Crippen LogP contribution >= 0.6 is 0 Å². The minimum atomic E-state index is -3.09. The van der Waals surface area contributed by atoms with Crippen molar-refractivity contribution in [3.05, 3.63) is 17.7 Å². The third kappa shape index (κ3) is 5.99. The Hall–Kier alpha value is -2.49. The first-order valence-corrected chi connectivity index (χ1v) is 10.9. The number of sulfone groups is 1. The van der Waals surface area contributed by atoms with Crippen molar-refractivity contribution in [2.45, 2.75) is 25.3 Å². The first kappa shape index (κ1) is 22.8. The number of benzene rings is 1. The van der Waals surface area contributed by atoms with Gasteiger partial charge >= 0.3 is 5.97 Å². The molecule has 1 amide bonds. The summed E-state index contributed by atoms with van der Waals surface area (Å²) in [5, 5.41) is 0. The Labute approximate surface area is 170 Å². The summed E-state index contributed by atoms with van der Waals surface area (Å²) in [6.45, 7) is -0.416. The summed E-state index contributed by atoms with van der Waals surface area (Å²) in [6.07, 6.45) is 0.827. The normalized spacial score (nSPS) is 17.4. The van der Waals surface area contributed by atoms with Crippen LogP contribution in [-0.2, 0) is 30.6 Å². The molecule has 162 valence electrons. The predicted molar refractivity (Wildman–Crippen MR) is 105 cm³/mol. The zero-order chi connectivity index (χ0) is 21.6. The van der Waals surface area contributed by atoms with Crippen LogP contribution in [0, 0.1) is 0 Å². The van der Waals surface area contributed by atoms with Crippen LogP contribution in [0.5, 0.6) is 17.2 Å². The quantitative estimate of drug-likeness (QED) is 0.531. The Bertz CT molecular complexity index is 827. The molecule has 0 radical (unpaired) electrons. The van der Waals surface area contributed by atoms with Gasteiger partial charge in [0.2, 0.25) is 5.75 Å². The minimum absolute atomic E-state index is 0.0513. The summed E-state index contributed by atoms with van der Waals surface area (Å²) in [5.74, 6) is 0.502. The number of likely N-dealkylation sites (N-methyl/N-ethyl adjacent to an activating group) is 1. The van der Waals surface area contributed by atoms with Crippen LogP contribution in [0.3, 0.4) is 0 Å². The highest BCUT2D eigenvalue weighted by molar-refractivity contribution is 7.91. The van der Waals surface area contributed by atoms with Gasteiger partial charge in [-0.25, -0.2) is 8.42 Å². The van der Waals surface area contributed by atoms with Gasteiger partial charge in [-0.3, -0.25) is 9.59 Å². The van der Waals surface area contributed by atoms with E-state index in [4.69, 9.17) is 18.9 Å². The molecule has 1 aromatic carbocycles. The first-order chi connectivity index (χ1) is 13.7. The van der Waals surface area contributed by atoms with Gasteiger partial charge in [0.1, 0.15) is 0 Å². The van der Waals surface area contributed by atoms with Crippen LogP contribution in [0.4, 0.5) is 0 Å². The number of carbonyl (C=O) groups excluding carboxylic acids is 2. The van der Waals surface area contributed by atoms with E-state index in [0.29, 0.717) is 30.1 Å². The summed E-state index contributed by atoms with van der Waals surface area (Å²) < 4.78 is 43.9. The van der Waals surface area contributed by atoms with E-state index in [1.54, 1.807) is 12.1 Å². The lowest BCUT2D eigenvalue weighted by Crippen LogP contribution is -2.40. The van der Waals surface area contributed by atoms with Gasteiger partial charge in [-0.05, 0) is 30.5 Å². The van der Waals surface area contributed by atoms with Crippen LogP contribution in [0.1, 0.15) is 18.4 Å². The van der Waals surface area contributed by atoms with Crippen molar-refractivity contribution in [1.82, 2.24) is 4.90 Å². The summed E-state index contributed by atoms with van der Waals surface area (Å²) >= 11 is 0. The zero-order valence-electron chi connectivity index (χ0n) is 17.1. The molecule has 1 unspecified atom stereocenters. The number of hydrogen-bond acceptors (Lipinski definition) is 8. The molecule has 1 heterocycles. The number of carbonyl (C=O) groups is 2. The largest absolute Gasteiger partial charge is 0.493 e. The Morgan fingerprint density at radius 3 is 2.21 bits per heavy atom. The topological polar surface area (TPSA) is 108 Å². The van der Waals surface area contributed by atoms with Crippen molar-refractivity contribution in [1.29, 1.82) is 0 Å². The SMILES string of the molecule is COc1cc(CCC(=O)OCC(=O)N(C)C2CCS(=O)(=O)C2)cc(OC)c1OC. The van der Waals surface area contributed by atoms with Gasteiger partial charge in [0.05, 0.1) is 32.8 Å². The van der Waals surface area contributed by atoms with Crippen LogP contribution in [-0.4, -0.2) is 77.7 Å². The third-order valence-corrected chi connectivity index (χ3v) is 6.60. The molecule has 1 aliphatic heterocycles. The molecule has 0 N–H and O–H groups in total. The van der Waals surface area contributed by atoms with Crippen LogP contribution < -0.4 is 14.2 Å². The molecular weight excluding hydrogens is 402 g/mol. The smallest absolute Gasteiger partial charge is 0.306 e. The lowest BCUT2D eigenvalue weighted by molar-refractivity contribution is -0.152. The number of nitrogens with zero attached hydrogens (tertiary/aromatic N) is 1. The predicted octanol–water partition coefficient (Wildman–Crippen LogP) is 0.834. The molecule has 1 saturated heterocycles. The maximum Gasteiger partial charge on any atom is 0.306 e. The molecule has 1 atom stereocenters. The van der Waals surface area contributed by atoms with Gasteiger partial charge in [-0.15, -0.1) is 0 Å². The molecule has 0 saturated carbocycles. The second-order valence-corrected chi connectivity index (χ2v) is 8.98. The van der Waals surface area contributed by atoms with E-state index >= 15 is 0 Å². The van der Waals surface area contributed by atoms with E-state index in [9.17, 15) is 18.0 Å². The van der Waals surface area contributed by atoms with Crippen LogP contribution in [0.15, 0.2) is 12.1 Å². The Morgan fingerprint density at radius 1 is 1.10 bits per heavy atom. The monoisotopic (exact) mass is 429 g/mol. The van der Waals surface area contributed by atoms with Crippen molar-refractivity contribution in [3.8, 4) is 17.2 Å². The number of hydrogen-bond donors (Lipinski definition) is 0. The van der Waals surface area contributed by atoms with Crippen molar-refractivity contribution >= 4 is 21.7 Å². The maximum atomic E-state index is 12.2. The van der Waals surface area contributed by atoms with E-state index in [2.05, 4.69) is 0 Å². The van der Waals surface area contributed by atoms with Gasteiger partial charge in [0, 0.05) is 19.5 Å². The Balaban J connectivity index is 1.86. The van der Waals surface area contributed by atoms with Crippen molar-refractivity contribution < 1.29 is 37.0 Å². The van der Waals surface area contributed by atoms with E-state index < -0.39 is 28.3 Å². The average Bonchev–Trinajstić information content (AvgIpc) is 3.08. The number of amides is 1. The molecule has 0 aliphatic carbocycles. The second-order valence-electron chi connectivity index (χ2n) is 6.76. The Morgan fingerprint density at radius 2 is 1.72 bits per heavy atom. The standard InChI is InChI=1S/C19H27NO8S/c1-20(14-7-8-29(23,24)12-14)17(21)11-28-18(22)6-5-13-9-15(25-2)19(27-4)16(10-13)26-3/h9-10,14H,5-8,11-12H2,1-4H3. The summed E-state index contributed by atoms with van der Waals surface area (Å²) in [7, 11) is 2.95. The summed E-state index contributed by atoms with van der Waals surface area (Å²) in [5.41, 5.74) is 0.788. The van der Waals surface area contributed by atoms with Crippen LogP contribution in [0.25, 0.3) is 0 Å². The van der Waals surface area contributed by atoms with Gasteiger partial charge < -0.3 is 23.8 Å². The molecule has 2 rings (SSSR count). The Kier molecular flexibility index (Phi) is 7.72. The fourth-order valence-electron chi connectivity index (χ4n) is 3.13. The van der Waals surface area contributed by atoms with Gasteiger partial charge in [-0.2, -0.15) is 0 Å². The number of esters is 1. The highest BCUT2D eigenvalue weighted by Gasteiger charge is 2.32. The lowest BCUT2D eigenvalue weighted by atomic mass is 10.1. The molecule has 0 spiro atoms. The van der Waals surface area contributed by atoms with Crippen LogP contribution in [0.2, 0.25) is 0 Å². The summed E-state index contributed by atoms with van der Waals surface area (Å²) in [6, 6.07) is 3.12. The molecule has 1 fully saturated rings. The van der Waals surface area contributed by atoms with Crippen molar-refractivity contribution in [2.24, 2.45) is 0 Å². The molecule has 10 heteroatoms. The number of ether oxygens (including phenoxy) is 4. The zero-order valence-corrected chi connectivity index (χ0v) is 17.9. The number of rotatable bonds is 9. The van der Waals surface area contributed by atoms with Crippen molar-refractivity contribution in [3.63, 3.8) is 0 Å². The minimum Gasteiger partial charge on any atom is -0.493 e. The van der Waals surface area contributed by atoms with Gasteiger partial charge in [0.15, 0.2) is 27.9 Å². The molecule has 0 bridgehead atoms. The molecule has 9 nitrogen and oxygen atoms in total. The van der Waals surface area contributed by atoms with Crippen molar-refractivity contribution in [2.75, 3.05) is 46.5 Å². The molecule has 0 aromatic heterocycles. The number of methoxy groups -OCH3 is 3. The molecule has 1 aromatic rings. The summed E-state index contributed by atoms with van der Waals surface area (Å²) in [4.78, 5) is 25.5. The highest BCUT2D eigenvalue weighted by Crippen LogP contribution is 2.38. The lowest BCUT2D eigenvalue weighted by Gasteiger charge is -2.23. The van der Waals surface area contributed by atoms with E-state index in [0.717, 1.165) is 5.56 Å². The third-order valence-electron chi connectivity index (χ3n) is 4.85. The van der Waals surface area contributed by atoms with E-state index in [1.165, 1.54) is 33.3 Å².